The largest absolute Gasteiger partial charge is 0.465 e. The highest BCUT2D eigenvalue weighted by atomic mass is 32.1. The molecule has 0 spiro atoms. The minimum atomic E-state index is -0.125. The molecule has 1 aromatic carbocycles. The lowest BCUT2D eigenvalue weighted by Gasteiger charge is -2.03. The van der Waals surface area contributed by atoms with Gasteiger partial charge in [0.05, 0.1) is 11.8 Å². The third kappa shape index (κ3) is 4.06. The van der Waals surface area contributed by atoms with Gasteiger partial charge in [-0.2, -0.15) is 0 Å². The molecule has 0 fully saturated rings. The predicted octanol–water partition coefficient (Wildman–Crippen LogP) is 3.83. The van der Waals surface area contributed by atoms with Crippen LogP contribution in [0.5, 0.6) is 5.19 Å². The first kappa shape index (κ1) is 17.2. The molecule has 0 aliphatic rings. The normalized spacial score (nSPS) is 10.6. The monoisotopic (exact) mass is 357 g/mol. The fourth-order valence-electron chi connectivity index (χ4n) is 2.27. The molecule has 0 bridgehead atoms. The highest BCUT2D eigenvalue weighted by Gasteiger charge is 2.17. The van der Waals surface area contributed by atoms with E-state index < -0.39 is 0 Å². The predicted molar refractivity (Wildman–Crippen MR) is 95.7 cm³/mol. The maximum absolute atomic E-state index is 11.9. The number of thiazole rings is 1. The Kier molecular flexibility index (Phi) is 5.45. The zero-order valence-electron chi connectivity index (χ0n) is 14.1. The molecule has 0 saturated carbocycles. The van der Waals surface area contributed by atoms with Crippen LogP contribution in [0.2, 0.25) is 0 Å². The average Bonchev–Trinajstić information content (AvgIpc) is 3.25. The van der Waals surface area contributed by atoms with E-state index in [1.165, 1.54) is 17.5 Å². The van der Waals surface area contributed by atoms with Crippen molar-refractivity contribution < 1.29 is 14.1 Å². The van der Waals surface area contributed by atoms with E-state index in [2.05, 4.69) is 15.5 Å². The smallest absolute Gasteiger partial charge is 0.274 e. The van der Waals surface area contributed by atoms with Crippen molar-refractivity contribution in [3.8, 4) is 16.5 Å². The maximum atomic E-state index is 11.9. The summed E-state index contributed by atoms with van der Waals surface area (Å²) in [7, 11) is 0. The van der Waals surface area contributed by atoms with Gasteiger partial charge >= 0.3 is 0 Å². The standard InChI is InChI=1S/C18H19N3O3S/c1-3-9-19-17(22)15-10-20-18(25-15)23-11-14-12(2)24-21-16(14)13-7-5-4-6-8-13/h4-8,10H,3,9,11H2,1-2H3,(H,19,22). The summed E-state index contributed by atoms with van der Waals surface area (Å²) in [5.74, 6) is 0.580. The molecule has 3 rings (SSSR count). The van der Waals surface area contributed by atoms with Crippen LogP contribution >= 0.6 is 11.3 Å². The molecular weight excluding hydrogens is 338 g/mol. The highest BCUT2D eigenvalue weighted by molar-refractivity contribution is 7.15. The van der Waals surface area contributed by atoms with Crippen LogP contribution in [-0.4, -0.2) is 22.6 Å². The third-order valence-electron chi connectivity index (χ3n) is 3.62. The molecule has 25 heavy (non-hydrogen) atoms. The molecule has 2 heterocycles. The Labute approximate surface area is 149 Å². The van der Waals surface area contributed by atoms with Crippen LogP contribution in [0.15, 0.2) is 41.1 Å². The molecule has 0 aliphatic carbocycles. The van der Waals surface area contributed by atoms with Gasteiger partial charge in [-0.05, 0) is 13.3 Å². The number of carbonyl (C=O) groups is 1. The van der Waals surface area contributed by atoms with Gasteiger partial charge in [0.2, 0.25) is 0 Å². The number of carbonyl (C=O) groups excluding carboxylic acids is 1. The number of ether oxygens (including phenoxy) is 1. The molecule has 0 atom stereocenters. The summed E-state index contributed by atoms with van der Waals surface area (Å²) in [5.41, 5.74) is 2.60. The summed E-state index contributed by atoms with van der Waals surface area (Å²) >= 11 is 1.22. The second-order valence-electron chi connectivity index (χ2n) is 5.47. The van der Waals surface area contributed by atoms with Gasteiger partial charge in [0.25, 0.3) is 11.1 Å². The first-order chi connectivity index (χ1) is 12.2. The number of hydrogen-bond donors (Lipinski definition) is 1. The van der Waals surface area contributed by atoms with Crippen LogP contribution in [-0.2, 0) is 6.61 Å². The van der Waals surface area contributed by atoms with Crippen LogP contribution in [0, 0.1) is 6.92 Å². The van der Waals surface area contributed by atoms with Crippen molar-refractivity contribution in [2.45, 2.75) is 26.9 Å². The Morgan fingerprint density at radius 1 is 1.32 bits per heavy atom. The van der Waals surface area contributed by atoms with Crippen molar-refractivity contribution in [3.63, 3.8) is 0 Å². The molecular formula is C18H19N3O3S. The number of aromatic nitrogens is 2. The lowest BCUT2D eigenvalue weighted by Crippen LogP contribution is -2.22. The second kappa shape index (κ2) is 7.94. The number of benzene rings is 1. The Balaban J connectivity index is 1.70. The molecule has 3 aromatic rings. The van der Waals surface area contributed by atoms with Crippen LogP contribution in [0.3, 0.4) is 0 Å². The molecule has 0 aliphatic heterocycles. The average molecular weight is 357 g/mol. The topological polar surface area (TPSA) is 77.2 Å². The van der Waals surface area contributed by atoms with E-state index in [1.54, 1.807) is 0 Å². The SMILES string of the molecule is CCCNC(=O)c1cnc(OCc2c(-c3ccccc3)noc2C)s1. The summed E-state index contributed by atoms with van der Waals surface area (Å²) in [6.45, 7) is 4.78. The van der Waals surface area contributed by atoms with Gasteiger partial charge in [0, 0.05) is 12.1 Å². The molecule has 0 radical (unpaired) electrons. The summed E-state index contributed by atoms with van der Waals surface area (Å²) in [6, 6.07) is 9.80. The maximum Gasteiger partial charge on any atom is 0.274 e. The Morgan fingerprint density at radius 3 is 2.88 bits per heavy atom. The minimum absolute atomic E-state index is 0.125. The molecule has 0 unspecified atom stereocenters. The summed E-state index contributed by atoms with van der Waals surface area (Å²) in [4.78, 5) is 16.6. The summed E-state index contributed by atoms with van der Waals surface area (Å²) < 4.78 is 11.1. The van der Waals surface area contributed by atoms with E-state index in [1.807, 2.05) is 44.2 Å². The molecule has 2 aromatic heterocycles. The molecule has 130 valence electrons. The van der Waals surface area contributed by atoms with E-state index in [0.717, 1.165) is 23.2 Å². The molecule has 7 heteroatoms. The Bertz CT molecular complexity index is 842. The Morgan fingerprint density at radius 2 is 2.12 bits per heavy atom. The van der Waals surface area contributed by atoms with Crippen LogP contribution in [0.1, 0.15) is 34.3 Å². The third-order valence-corrected chi connectivity index (χ3v) is 4.52. The van der Waals surface area contributed by atoms with Crippen molar-refractivity contribution in [1.82, 2.24) is 15.5 Å². The lowest BCUT2D eigenvalue weighted by molar-refractivity contribution is 0.0957. The zero-order valence-corrected chi connectivity index (χ0v) is 14.9. The quantitative estimate of drug-likeness (QED) is 0.695. The van der Waals surface area contributed by atoms with Gasteiger partial charge in [-0.1, -0.05) is 53.7 Å². The van der Waals surface area contributed by atoms with E-state index in [9.17, 15) is 4.79 Å². The fourth-order valence-corrected chi connectivity index (χ4v) is 2.96. The van der Waals surface area contributed by atoms with Crippen LogP contribution < -0.4 is 10.1 Å². The van der Waals surface area contributed by atoms with Crippen LogP contribution in [0.25, 0.3) is 11.3 Å². The highest BCUT2D eigenvalue weighted by Crippen LogP contribution is 2.27. The molecule has 1 amide bonds. The lowest BCUT2D eigenvalue weighted by atomic mass is 10.1. The van der Waals surface area contributed by atoms with E-state index >= 15 is 0 Å². The van der Waals surface area contributed by atoms with E-state index in [0.29, 0.717) is 22.4 Å². The number of amides is 1. The summed E-state index contributed by atoms with van der Waals surface area (Å²) in [5, 5.41) is 7.40. The minimum Gasteiger partial charge on any atom is -0.465 e. The van der Waals surface area contributed by atoms with Crippen LogP contribution in [0.4, 0.5) is 0 Å². The Hall–Kier alpha value is -2.67. The first-order valence-corrected chi connectivity index (χ1v) is 8.88. The first-order valence-electron chi connectivity index (χ1n) is 8.06. The number of rotatable bonds is 7. The van der Waals surface area contributed by atoms with E-state index in [4.69, 9.17) is 9.26 Å². The number of nitrogens with one attached hydrogen (secondary N) is 1. The van der Waals surface area contributed by atoms with Gasteiger partial charge in [0.15, 0.2) is 0 Å². The van der Waals surface area contributed by atoms with Gasteiger partial charge in [-0.3, -0.25) is 4.79 Å². The molecule has 1 N–H and O–H groups in total. The zero-order chi connectivity index (χ0) is 17.6. The number of aryl methyl sites for hydroxylation is 1. The summed E-state index contributed by atoms with van der Waals surface area (Å²) in [6.07, 6.45) is 2.42. The number of hydrogen-bond acceptors (Lipinski definition) is 6. The van der Waals surface area contributed by atoms with Gasteiger partial charge in [-0.15, -0.1) is 0 Å². The van der Waals surface area contributed by atoms with Gasteiger partial charge in [0.1, 0.15) is 22.9 Å². The molecule has 0 saturated heterocycles. The van der Waals surface area contributed by atoms with Crippen molar-refractivity contribution in [2.24, 2.45) is 0 Å². The van der Waals surface area contributed by atoms with Gasteiger partial charge < -0.3 is 14.6 Å². The van der Waals surface area contributed by atoms with Crippen molar-refractivity contribution in [1.29, 1.82) is 0 Å². The fraction of sp³-hybridized carbons (Fsp3) is 0.278. The van der Waals surface area contributed by atoms with Crippen molar-refractivity contribution >= 4 is 17.2 Å². The van der Waals surface area contributed by atoms with Crippen molar-refractivity contribution in [2.75, 3.05) is 6.54 Å². The second-order valence-corrected chi connectivity index (χ2v) is 6.46. The van der Waals surface area contributed by atoms with E-state index in [-0.39, 0.29) is 12.5 Å². The van der Waals surface area contributed by atoms with Gasteiger partial charge in [-0.25, -0.2) is 4.98 Å². The van der Waals surface area contributed by atoms with Crippen molar-refractivity contribution in [3.05, 3.63) is 52.7 Å². The molecule has 6 nitrogen and oxygen atoms in total. The number of nitrogens with zero attached hydrogens (tertiary/aromatic N) is 2.